The van der Waals surface area contributed by atoms with Gasteiger partial charge in [0, 0.05) is 25.1 Å². The topological polar surface area (TPSA) is 80.0 Å². The fourth-order valence-corrected chi connectivity index (χ4v) is 3.85. The molecular formula is C21H23Cl4NO5. The Morgan fingerprint density at radius 2 is 1.39 bits per heavy atom. The van der Waals surface area contributed by atoms with E-state index in [0.717, 1.165) is 5.56 Å². The number of hydrogen-bond donors (Lipinski definition) is 1. The van der Waals surface area contributed by atoms with E-state index in [-0.39, 0.29) is 19.0 Å². The molecule has 0 aliphatic rings. The molecule has 6 nitrogen and oxygen atoms in total. The number of ether oxygens (including phenoxy) is 4. The molecule has 2 aromatic rings. The van der Waals surface area contributed by atoms with Crippen LogP contribution in [0.1, 0.15) is 18.4 Å². The standard InChI is InChI=1S/C21H23Cl4NO5/c1-28-19(27)4-3-13-9-15(22)20(16(23)10-13)30-6-2-5-29-7-8-31-21-17(24)11-14(26)12-18(21)25/h9-12H,2-8,26H2,1H3. The Bertz CT molecular complexity index is 848. The van der Waals surface area contributed by atoms with Gasteiger partial charge in [-0.15, -0.1) is 0 Å². The van der Waals surface area contributed by atoms with E-state index >= 15 is 0 Å². The summed E-state index contributed by atoms with van der Waals surface area (Å²) in [5, 5.41) is 1.48. The number of benzene rings is 2. The Labute approximate surface area is 201 Å². The molecule has 31 heavy (non-hydrogen) atoms. The number of nitrogens with two attached hydrogens (primary N) is 1. The van der Waals surface area contributed by atoms with Gasteiger partial charge < -0.3 is 24.7 Å². The van der Waals surface area contributed by atoms with Crippen LogP contribution < -0.4 is 15.2 Å². The van der Waals surface area contributed by atoms with Crippen molar-refractivity contribution in [2.24, 2.45) is 0 Å². The summed E-state index contributed by atoms with van der Waals surface area (Å²) < 4.78 is 21.4. The number of hydrogen-bond acceptors (Lipinski definition) is 6. The second-order valence-corrected chi connectivity index (χ2v) is 8.07. The molecule has 0 radical (unpaired) electrons. The van der Waals surface area contributed by atoms with Crippen LogP contribution in [0.3, 0.4) is 0 Å². The lowest BCUT2D eigenvalue weighted by molar-refractivity contribution is -0.140. The van der Waals surface area contributed by atoms with E-state index < -0.39 is 0 Å². The molecule has 0 aromatic heterocycles. The molecule has 0 unspecified atom stereocenters. The first-order valence-corrected chi connectivity index (χ1v) is 11.0. The number of halogens is 4. The molecule has 0 amide bonds. The largest absolute Gasteiger partial charge is 0.490 e. The van der Waals surface area contributed by atoms with Crippen molar-refractivity contribution in [3.63, 3.8) is 0 Å². The third-order valence-corrected chi connectivity index (χ3v) is 5.20. The Morgan fingerprint density at radius 1 is 0.839 bits per heavy atom. The third kappa shape index (κ3) is 8.47. The number of anilines is 1. The van der Waals surface area contributed by atoms with Crippen LogP contribution in [0, 0.1) is 0 Å². The van der Waals surface area contributed by atoms with Crippen molar-refractivity contribution in [3.05, 3.63) is 49.9 Å². The van der Waals surface area contributed by atoms with Gasteiger partial charge in [-0.05, 0) is 36.2 Å². The molecule has 0 aliphatic heterocycles. The summed E-state index contributed by atoms with van der Waals surface area (Å²) in [6.07, 6.45) is 1.36. The normalized spacial score (nSPS) is 10.7. The van der Waals surface area contributed by atoms with Crippen LogP contribution in [0.2, 0.25) is 20.1 Å². The van der Waals surface area contributed by atoms with Crippen LogP contribution in [-0.2, 0) is 20.7 Å². The predicted molar refractivity (Wildman–Crippen MR) is 124 cm³/mol. The quantitative estimate of drug-likeness (QED) is 0.219. The van der Waals surface area contributed by atoms with E-state index in [1.165, 1.54) is 7.11 Å². The van der Waals surface area contributed by atoms with Crippen molar-refractivity contribution in [1.82, 2.24) is 0 Å². The minimum atomic E-state index is -0.294. The van der Waals surface area contributed by atoms with Crippen molar-refractivity contribution in [2.45, 2.75) is 19.3 Å². The number of nitrogen functional groups attached to an aromatic ring is 1. The summed E-state index contributed by atoms with van der Waals surface area (Å²) in [7, 11) is 1.35. The van der Waals surface area contributed by atoms with Crippen LogP contribution in [0.4, 0.5) is 5.69 Å². The first kappa shape index (κ1) is 25.7. The molecule has 0 aliphatic carbocycles. The highest BCUT2D eigenvalue weighted by atomic mass is 35.5. The van der Waals surface area contributed by atoms with Crippen molar-refractivity contribution in [1.29, 1.82) is 0 Å². The molecule has 10 heteroatoms. The molecule has 0 fully saturated rings. The summed E-state index contributed by atoms with van der Waals surface area (Å²) in [5.41, 5.74) is 6.95. The van der Waals surface area contributed by atoms with E-state index in [0.29, 0.717) is 69.9 Å². The van der Waals surface area contributed by atoms with E-state index in [4.69, 9.17) is 66.3 Å². The number of rotatable bonds is 12. The third-order valence-electron chi connectivity index (χ3n) is 4.08. The molecule has 0 bridgehead atoms. The Hall–Kier alpha value is -1.57. The maximum Gasteiger partial charge on any atom is 0.305 e. The molecular weight excluding hydrogens is 488 g/mol. The molecule has 2 N–H and O–H groups in total. The first-order valence-electron chi connectivity index (χ1n) is 9.44. The average molecular weight is 511 g/mol. The summed E-state index contributed by atoms with van der Waals surface area (Å²) in [6, 6.07) is 6.60. The van der Waals surface area contributed by atoms with Crippen LogP contribution >= 0.6 is 46.4 Å². The van der Waals surface area contributed by atoms with Gasteiger partial charge in [-0.3, -0.25) is 4.79 Å². The van der Waals surface area contributed by atoms with Gasteiger partial charge in [0.05, 0.1) is 40.4 Å². The number of carbonyl (C=O) groups excluding carboxylic acids is 1. The Balaban J connectivity index is 1.67. The van der Waals surface area contributed by atoms with Crippen molar-refractivity contribution in [3.8, 4) is 11.5 Å². The fourth-order valence-electron chi connectivity index (χ4n) is 2.60. The zero-order valence-corrected chi connectivity index (χ0v) is 19.9. The van der Waals surface area contributed by atoms with E-state index in [1.54, 1.807) is 24.3 Å². The molecule has 170 valence electrons. The molecule has 0 spiro atoms. The zero-order valence-electron chi connectivity index (χ0n) is 16.9. The second kappa shape index (κ2) is 13.1. The summed E-state index contributed by atoms with van der Waals surface area (Å²) in [6.45, 7) is 1.47. The highest BCUT2D eigenvalue weighted by molar-refractivity contribution is 6.38. The van der Waals surface area contributed by atoms with Crippen LogP contribution in [-0.4, -0.2) is 39.5 Å². The molecule has 2 rings (SSSR count). The van der Waals surface area contributed by atoms with Crippen molar-refractivity contribution >= 4 is 58.1 Å². The number of aryl methyl sites for hydroxylation is 1. The van der Waals surface area contributed by atoms with E-state index in [9.17, 15) is 4.79 Å². The second-order valence-electron chi connectivity index (χ2n) is 6.44. The molecule has 0 saturated carbocycles. The monoisotopic (exact) mass is 509 g/mol. The summed E-state index contributed by atoms with van der Waals surface area (Å²) in [4.78, 5) is 11.3. The lowest BCUT2D eigenvalue weighted by Crippen LogP contribution is -2.10. The highest BCUT2D eigenvalue weighted by Gasteiger charge is 2.12. The smallest absolute Gasteiger partial charge is 0.305 e. The van der Waals surface area contributed by atoms with Crippen LogP contribution in [0.5, 0.6) is 11.5 Å². The van der Waals surface area contributed by atoms with Gasteiger partial charge >= 0.3 is 5.97 Å². The Morgan fingerprint density at radius 3 is 1.97 bits per heavy atom. The summed E-state index contributed by atoms with van der Waals surface area (Å²) >= 11 is 24.6. The van der Waals surface area contributed by atoms with Crippen molar-refractivity contribution in [2.75, 3.05) is 39.3 Å². The first-order chi connectivity index (χ1) is 14.8. The van der Waals surface area contributed by atoms with Gasteiger partial charge in [0.1, 0.15) is 6.61 Å². The van der Waals surface area contributed by atoms with Crippen LogP contribution in [0.25, 0.3) is 0 Å². The zero-order chi connectivity index (χ0) is 22.8. The van der Waals surface area contributed by atoms with Crippen LogP contribution in [0.15, 0.2) is 24.3 Å². The maximum absolute atomic E-state index is 11.3. The molecule has 2 aromatic carbocycles. The van der Waals surface area contributed by atoms with E-state index in [1.807, 2.05) is 0 Å². The Kier molecular flexibility index (Phi) is 10.8. The average Bonchev–Trinajstić information content (AvgIpc) is 2.71. The predicted octanol–water partition coefficient (Wildman–Crippen LogP) is 5.85. The van der Waals surface area contributed by atoms with Gasteiger partial charge in [0.25, 0.3) is 0 Å². The molecule has 0 atom stereocenters. The lowest BCUT2D eigenvalue weighted by atomic mass is 10.1. The number of esters is 1. The van der Waals surface area contributed by atoms with Gasteiger partial charge in [-0.1, -0.05) is 46.4 Å². The number of methoxy groups -OCH3 is 1. The minimum absolute atomic E-state index is 0.251. The lowest BCUT2D eigenvalue weighted by Gasteiger charge is -2.13. The molecule has 0 saturated heterocycles. The highest BCUT2D eigenvalue weighted by Crippen LogP contribution is 2.35. The van der Waals surface area contributed by atoms with Gasteiger partial charge in [-0.25, -0.2) is 0 Å². The number of carbonyl (C=O) groups is 1. The van der Waals surface area contributed by atoms with E-state index in [2.05, 4.69) is 4.74 Å². The van der Waals surface area contributed by atoms with Gasteiger partial charge in [0.2, 0.25) is 0 Å². The van der Waals surface area contributed by atoms with Crippen molar-refractivity contribution < 1.29 is 23.7 Å². The fraction of sp³-hybridized carbons (Fsp3) is 0.381. The minimum Gasteiger partial charge on any atom is -0.490 e. The maximum atomic E-state index is 11.3. The molecule has 0 heterocycles. The SMILES string of the molecule is COC(=O)CCc1cc(Cl)c(OCCCOCCOc2c(Cl)cc(N)cc2Cl)c(Cl)c1. The van der Waals surface area contributed by atoms with Gasteiger partial charge in [0.15, 0.2) is 11.5 Å². The summed E-state index contributed by atoms with van der Waals surface area (Å²) in [5.74, 6) is 0.488. The van der Waals surface area contributed by atoms with Gasteiger partial charge in [-0.2, -0.15) is 0 Å².